The summed E-state index contributed by atoms with van der Waals surface area (Å²) >= 11 is 0. The summed E-state index contributed by atoms with van der Waals surface area (Å²) in [6.07, 6.45) is 0.0255. The molecule has 0 bridgehead atoms. The average molecular weight is 176 g/mol. The first-order valence-electron chi connectivity index (χ1n) is 4.02. The van der Waals surface area contributed by atoms with Gasteiger partial charge in [0.15, 0.2) is 0 Å². The van der Waals surface area contributed by atoms with E-state index in [0.29, 0.717) is 0 Å². The molecule has 0 aliphatic heterocycles. The summed E-state index contributed by atoms with van der Waals surface area (Å²) in [5.41, 5.74) is -0.500. The molecule has 3 nitrogen and oxygen atoms in total. The number of hydrogen-bond acceptors (Lipinski definition) is 3. The van der Waals surface area contributed by atoms with Crippen LogP contribution < -0.4 is 0 Å². The molecule has 0 aliphatic rings. The lowest BCUT2D eigenvalue weighted by atomic mass is 10.2. The standard InChI is InChI=1S/C5H10O2.C4H10O/c1-4(2)7-5(3)6;1-4(2,3)5/h4H,1-3H3;5H,1-3H3. The summed E-state index contributed by atoms with van der Waals surface area (Å²) in [4.78, 5) is 10.0. The van der Waals surface area contributed by atoms with Crippen LogP contribution in [-0.4, -0.2) is 22.8 Å². The molecule has 0 spiro atoms. The van der Waals surface area contributed by atoms with Gasteiger partial charge in [0.1, 0.15) is 0 Å². The number of carbonyl (C=O) groups excluding carboxylic acids is 1. The van der Waals surface area contributed by atoms with Gasteiger partial charge in [-0.05, 0) is 34.6 Å². The molecule has 0 saturated carbocycles. The molecule has 0 radical (unpaired) electrons. The van der Waals surface area contributed by atoms with E-state index >= 15 is 0 Å². The fourth-order valence-corrected chi connectivity index (χ4v) is 0.332. The minimum atomic E-state index is -0.500. The molecule has 12 heavy (non-hydrogen) atoms. The highest BCUT2D eigenvalue weighted by atomic mass is 16.5. The van der Waals surface area contributed by atoms with E-state index in [1.807, 2.05) is 13.8 Å². The second-order valence-electron chi connectivity index (χ2n) is 3.83. The molecule has 0 rings (SSSR count). The van der Waals surface area contributed by atoms with E-state index in [1.165, 1.54) is 6.92 Å². The molecule has 0 unspecified atom stereocenters. The Morgan fingerprint density at radius 3 is 1.58 bits per heavy atom. The summed E-state index contributed by atoms with van der Waals surface area (Å²) in [5.74, 6) is -0.213. The molecular formula is C9H20O3. The number of esters is 1. The maximum atomic E-state index is 10.0. The van der Waals surface area contributed by atoms with Gasteiger partial charge in [-0.15, -0.1) is 0 Å². The Hall–Kier alpha value is -0.570. The van der Waals surface area contributed by atoms with Crippen molar-refractivity contribution in [2.45, 2.75) is 53.2 Å². The fourth-order valence-electron chi connectivity index (χ4n) is 0.332. The van der Waals surface area contributed by atoms with Crippen molar-refractivity contribution in [1.29, 1.82) is 0 Å². The second-order valence-corrected chi connectivity index (χ2v) is 3.83. The second kappa shape index (κ2) is 6.00. The molecule has 0 fully saturated rings. The van der Waals surface area contributed by atoms with Crippen LogP contribution in [0.25, 0.3) is 0 Å². The summed E-state index contributed by atoms with van der Waals surface area (Å²) < 4.78 is 4.61. The number of rotatable bonds is 1. The molecule has 74 valence electrons. The zero-order valence-electron chi connectivity index (χ0n) is 8.84. The third-order valence-corrected chi connectivity index (χ3v) is 0.402. The first-order chi connectivity index (χ1) is 5.13. The van der Waals surface area contributed by atoms with Gasteiger partial charge in [0, 0.05) is 6.92 Å². The maximum absolute atomic E-state index is 10.0. The normalized spacial score (nSPS) is 10.3. The first-order valence-corrected chi connectivity index (χ1v) is 4.02. The lowest BCUT2D eigenvalue weighted by Gasteiger charge is -2.04. The summed E-state index contributed by atoms with van der Waals surface area (Å²) in [6, 6.07) is 0. The summed E-state index contributed by atoms with van der Waals surface area (Å²) in [5, 5.41) is 8.52. The van der Waals surface area contributed by atoms with Crippen molar-refractivity contribution in [3.8, 4) is 0 Å². The first kappa shape index (κ1) is 14.0. The van der Waals surface area contributed by atoms with Gasteiger partial charge in [0.2, 0.25) is 0 Å². The van der Waals surface area contributed by atoms with Crippen LogP contribution >= 0.6 is 0 Å². The van der Waals surface area contributed by atoms with E-state index in [1.54, 1.807) is 20.8 Å². The Bertz CT molecular complexity index is 116. The molecular weight excluding hydrogens is 156 g/mol. The van der Waals surface area contributed by atoms with Crippen LogP contribution in [0.15, 0.2) is 0 Å². The van der Waals surface area contributed by atoms with Crippen LogP contribution in [0, 0.1) is 0 Å². The molecule has 1 N–H and O–H groups in total. The van der Waals surface area contributed by atoms with Crippen molar-refractivity contribution in [3.63, 3.8) is 0 Å². The molecule has 0 aromatic rings. The zero-order valence-corrected chi connectivity index (χ0v) is 8.84. The summed E-state index contributed by atoms with van der Waals surface area (Å²) in [6.45, 7) is 10.3. The Morgan fingerprint density at radius 1 is 1.33 bits per heavy atom. The molecule has 0 aromatic heterocycles. The van der Waals surface area contributed by atoms with Gasteiger partial charge in [-0.25, -0.2) is 0 Å². The Balaban J connectivity index is 0. The van der Waals surface area contributed by atoms with E-state index in [2.05, 4.69) is 4.74 Å². The predicted molar refractivity (Wildman–Crippen MR) is 48.9 cm³/mol. The van der Waals surface area contributed by atoms with Crippen molar-refractivity contribution in [1.82, 2.24) is 0 Å². The average Bonchev–Trinajstić information content (AvgIpc) is 1.52. The van der Waals surface area contributed by atoms with Crippen molar-refractivity contribution >= 4 is 5.97 Å². The molecule has 0 aliphatic carbocycles. The molecule has 0 aromatic carbocycles. The van der Waals surface area contributed by atoms with E-state index in [9.17, 15) is 4.79 Å². The number of hydrogen-bond donors (Lipinski definition) is 1. The van der Waals surface area contributed by atoms with Gasteiger partial charge in [-0.1, -0.05) is 0 Å². The number of carbonyl (C=O) groups is 1. The minimum Gasteiger partial charge on any atom is -0.463 e. The van der Waals surface area contributed by atoms with E-state index in [-0.39, 0.29) is 12.1 Å². The van der Waals surface area contributed by atoms with Crippen LogP contribution in [0.2, 0.25) is 0 Å². The van der Waals surface area contributed by atoms with E-state index in [0.717, 1.165) is 0 Å². The highest BCUT2D eigenvalue weighted by Gasteiger charge is 1.97. The quantitative estimate of drug-likeness (QED) is 0.619. The van der Waals surface area contributed by atoms with Crippen LogP contribution in [0.4, 0.5) is 0 Å². The smallest absolute Gasteiger partial charge is 0.302 e. The van der Waals surface area contributed by atoms with Gasteiger partial charge in [0.05, 0.1) is 11.7 Å². The Kier molecular flexibility index (Phi) is 6.99. The zero-order chi connectivity index (χ0) is 10.4. The third kappa shape index (κ3) is 57.0. The number of ether oxygens (including phenoxy) is 1. The van der Waals surface area contributed by atoms with Crippen LogP contribution in [0.3, 0.4) is 0 Å². The predicted octanol–water partition coefficient (Wildman–Crippen LogP) is 1.74. The van der Waals surface area contributed by atoms with E-state index < -0.39 is 5.60 Å². The van der Waals surface area contributed by atoms with Crippen LogP contribution in [-0.2, 0) is 9.53 Å². The SMILES string of the molecule is CC(=O)OC(C)C.CC(C)(C)O. The Labute approximate surface area is 74.7 Å². The van der Waals surface area contributed by atoms with Gasteiger partial charge in [-0.2, -0.15) is 0 Å². The molecule has 0 amide bonds. The lowest BCUT2D eigenvalue weighted by Crippen LogP contribution is -2.10. The highest BCUT2D eigenvalue weighted by Crippen LogP contribution is 1.93. The van der Waals surface area contributed by atoms with Crippen molar-refractivity contribution in [3.05, 3.63) is 0 Å². The summed E-state index contributed by atoms with van der Waals surface area (Å²) in [7, 11) is 0. The molecule has 0 heterocycles. The van der Waals surface area contributed by atoms with Crippen molar-refractivity contribution in [2.24, 2.45) is 0 Å². The van der Waals surface area contributed by atoms with Gasteiger partial charge in [0.25, 0.3) is 0 Å². The third-order valence-electron chi connectivity index (χ3n) is 0.402. The topological polar surface area (TPSA) is 46.5 Å². The van der Waals surface area contributed by atoms with Crippen LogP contribution in [0.5, 0.6) is 0 Å². The molecule has 3 heteroatoms. The maximum Gasteiger partial charge on any atom is 0.302 e. The van der Waals surface area contributed by atoms with Gasteiger partial charge < -0.3 is 9.84 Å². The van der Waals surface area contributed by atoms with E-state index in [4.69, 9.17) is 5.11 Å². The lowest BCUT2D eigenvalue weighted by molar-refractivity contribution is -0.144. The Morgan fingerprint density at radius 2 is 1.58 bits per heavy atom. The van der Waals surface area contributed by atoms with Crippen LogP contribution in [0.1, 0.15) is 41.5 Å². The fraction of sp³-hybridized carbons (Fsp3) is 0.889. The van der Waals surface area contributed by atoms with Gasteiger partial charge >= 0.3 is 5.97 Å². The molecule has 0 atom stereocenters. The van der Waals surface area contributed by atoms with Crippen molar-refractivity contribution < 1.29 is 14.6 Å². The monoisotopic (exact) mass is 176 g/mol. The largest absolute Gasteiger partial charge is 0.463 e. The van der Waals surface area contributed by atoms with Gasteiger partial charge in [-0.3, -0.25) is 4.79 Å². The molecule has 0 saturated heterocycles. The van der Waals surface area contributed by atoms with Crippen molar-refractivity contribution in [2.75, 3.05) is 0 Å². The number of aliphatic hydroxyl groups is 1. The highest BCUT2D eigenvalue weighted by molar-refractivity contribution is 5.66. The minimum absolute atomic E-state index is 0.0255.